The number of hydrogen-bond donors (Lipinski definition) is 2. The van der Waals surface area contributed by atoms with Crippen LogP contribution in [-0.2, 0) is 9.53 Å². The third-order valence-corrected chi connectivity index (χ3v) is 5.32. The molecule has 154 valence electrons. The topological polar surface area (TPSA) is 97.2 Å². The van der Waals surface area contributed by atoms with Gasteiger partial charge in [0.2, 0.25) is 0 Å². The molecule has 0 aromatic heterocycles. The number of nitrogens with zero attached hydrogens (tertiary/aromatic N) is 1. The molecule has 0 aliphatic carbocycles. The summed E-state index contributed by atoms with van der Waals surface area (Å²) in [7, 11) is 1.43. The van der Waals surface area contributed by atoms with E-state index in [2.05, 4.69) is 33.2 Å². The van der Waals surface area contributed by atoms with E-state index < -0.39 is 24.0 Å². The average Bonchev–Trinajstić information content (AvgIpc) is 2.65. The van der Waals surface area contributed by atoms with Crippen molar-refractivity contribution in [3.05, 3.63) is 22.2 Å². The highest BCUT2D eigenvalue weighted by atomic mass is 79.9. The number of methoxy groups -OCH3 is 1. The van der Waals surface area contributed by atoms with Crippen LogP contribution in [0.25, 0.3) is 0 Å². The number of hydrogen-bond acceptors (Lipinski definition) is 5. The SMILES string of the molecule is CCCCCCCOC(=O)C1C(C)=NC(=O)NC1c1cc(Br)c(O)c(OC)c1. The fourth-order valence-electron chi connectivity index (χ4n) is 3.20. The monoisotopic (exact) mass is 454 g/mol. The molecule has 0 spiro atoms. The molecule has 8 heteroatoms. The number of amides is 2. The average molecular weight is 455 g/mol. The summed E-state index contributed by atoms with van der Waals surface area (Å²) in [6.45, 7) is 4.14. The van der Waals surface area contributed by atoms with Crippen molar-refractivity contribution in [3.63, 3.8) is 0 Å². The Morgan fingerprint density at radius 3 is 2.68 bits per heavy atom. The molecule has 2 unspecified atom stereocenters. The van der Waals surface area contributed by atoms with Crippen LogP contribution in [0.4, 0.5) is 4.79 Å². The molecule has 2 rings (SSSR count). The first-order valence-corrected chi connectivity index (χ1v) is 10.3. The number of phenols is 1. The molecule has 0 saturated heterocycles. The van der Waals surface area contributed by atoms with Gasteiger partial charge in [-0.15, -0.1) is 0 Å². The highest BCUT2D eigenvalue weighted by Gasteiger charge is 2.38. The summed E-state index contributed by atoms with van der Waals surface area (Å²) in [6, 6.07) is 2.05. The van der Waals surface area contributed by atoms with Crippen molar-refractivity contribution >= 4 is 33.6 Å². The van der Waals surface area contributed by atoms with E-state index >= 15 is 0 Å². The van der Waals surface area contributed by atoms with Crippen molar-refractivity contribution in [2.24, 2.45) is 10.9 Å². The van der Waals surface area contributed by atoms with Gasteiger partial charge in [0, 0.05) is 5.71 Å². The van der Waals surface area contributed by atoms with Crippen LogP contribution in [0, 0.1) is 5.92 Å². The first kappa shape index (κ1) is 22.2. The molecular formula is C20H27BrN2O5. The number of benzene rings is 1. The van der Waals surface area contributed by atoms with Crippen LogP contribution in [0.5, 0.6) is 11.5 Å². The van der Waals surface area contributed by atoms with Crippen molar-refractivity contribution in [3.8, 4) is 11.5 Å². The van der Waals surface area contributed by atoms with Crippen LogP contribution in [0.3, 0.4) is 0 Å². The van der Waals surface area contributed by atoms with E-state index in [9.17, 15) is 14.7 Å². The minimum atomic E-state index is -0.741. The summed E-state index contributed by atoms with van der Waals surface area (Å²) >= 11 is 3.27. The van der Waals surface area contributed by atoms with Crippen molar-refractivity contribution in [1.82, 2.24) is 5.32 Å². The maximum absolute atomic E-state index is 12.7. The predicted octanol–water partition coefficient (Wildman–Crippen LogP) is 4.52. The summed E-state index contributed by atoms with van der Waals surface area (Å²) in [4.78, 5) is 28.6. The lowest BCUT2D eigenvalue weighted by Gasteiger charge is -2.30. The third-order valence-electron chi connectivity index (χ3n) is 4.72. The molecule has 0 saturated carbocycles. The highest BCUT2D eigenvalue weighted by Crippen LogP contribution is 2.39. The van der Waals surface area contributed by atoms with Crippen LogP contribution in [-0.4, -0.2) is 36.5 Å². The van der Waals surface area contributed by atoms with Crippen molar-refractivity contribution < 1.29 is 24.2 Å². The van der Waals surface area contributed by atoms with E-state index in [1.807, 2.05) is 0 Å². The van der Waals surface area contributed by atoms with Gasteiger partial charge in [-0.3, -0.25) is 4.79 Å². The normalized spacial score (nSPS) is 19.0. The Hall–Kier alpha value is -2.09. The molecular weight excluding hydrogens is 428 g/mol. The Kier molecular flexibility index (Phi) is 8.29. The number of ether oxygens (including phenoxy) is 2. The molecule has 7 nitrogen and oxygen atoms in total. The maximum Gasteiger partial charge on any atom is 0.341 e. The van der Waals surface area contributed by atoms with Crippen LogP contribution in [0.15, 0.2) is 21.6 Å². The Bertz CT molecular complexity index is 750. The Morgan fingerprint density at radius 1 is 1.29 bits per heavy atom. The number of halogens is 1. The number of rotatable bonds is 9. The van der Waals surface area contributed by atoms with Crippen LogP contribution < -0.4 is 10.1 Å². The van der Waals surface area contributed by atoms with Gasteiger partial charge in [-0.2, -0.15) is 0 Å². The first-order chi connectivity index (χ1) is 13.4. The van der Waals surface area contributed by atoms with Gasteiger partial charge in [-0.1, -0.05) is 32.6 Å². The van der Waals surface area contributed by atoms with Crippen molar-refractivity contribution in [1.29, 1.82) is 0 Å². The second-order valence-corrected chi connectivity index (χ2v) is 7.65. The number of nitrogens with one attached hydrogen (secondary N) is 1. The largest absolute Gasteiger partial charge is 0.503 e. The van der Waals surface area contributed by atoms with Crippen LogP contribution in [0.2, 0.25) is 0 Å². The van der Waals surface area contributed by atoms with Gasteiger partial charge in [0.1, 0.15) is 5.92 Å². The quantitative estimate of drug-likeness (QED) is 0.422. The van der Waals surface area contributed by atoms with E-state index in [1.54, 1.807) is 19.1 Å². The second-order valence-electron chi connectivity index (χ2n) is 6.79. The van der Waals surface area contributed by atoms with E-state index in [4.69, 9.17) is 9.47 Å². The number of carbonyl (C=O) groups is 2. The molecule has 1 aliphatic heterocycles. The summed E-state index contributed by atoms with van der Waals surface area (Å²) in [5.74, 6) is -0.980. The summed E-state index contributed by atoms with van der Waals surface area (Å²) < 4.78 is 11.0. The third kappa shape index (κ3) is 5.47. The van der Waals surface area contributed by atoms with Gasteiger partial charge in [-0.25, -0.2) is 9.79 Å². The molecule has 1 aromatic carbocycles. The van der Waals surface area contributed by atoms with Gasteiger partial charge in [0.05, 0.1) is 24.2 Å². The smallest absolute Gasteiger partial charge is 0.341 e. The number of esters is 1. The molecule has 1 aromatic rings. The summed E-state index contributed by atoms with van der Waals surface area (Å²) in [5, 5.41) is 12.8. The number of aromatic hydroxyl groups is 1. The van der Waals surface area contributed by atoms with Gasteiger partial charge in [0.25, 0.3) is 0 Å². The molecule has 0 radical (unpaired) electrons. The Labute approximate surface area is 173 Å². The zero-order chi connectivity index (χ0) is 20.7. The lowest BCUT2D eigenvalue weighted by Crippen LogP contribution is -2.44. The fraction of sp³-hybridized carbons (Fsp3) is 0.550. The zero-order valence-electron chi connectivity index (χ0n) is 16.5. The van der Waals surface area contributed by atoms with Gasteiger partial charge < -0.3 is 19.9 Å². The van der Waals surface area contributed by atoms with E-state index in [0.717, 1.165) is 25.7 Å². The molecule has 0 bridgehead atoms. The fourth-order valence-corrected chi connectivity index (χ4v) is 3.66. The first-order valence-electron chi connectivity index (χ1n) is 9.47. The van der Waals surface area contributed by atoms with Crippen LogP contribution >= 0.6 is 15.9 Å². The van der Waals surface area contributed by atoms with Crippen LogP contribution in [0.1, 0.15) is 57.6 Å². The minimum Gasteiger partial charge on any atom is -0.503 e. The van der Waals surface area contributed by atoms with Crippen molar-refractivity contribution in [2.75, 3.05) is 13.7 Å². The van der Waals surface area contributed by atoms with E-state index in [-0.39, 0.29) is 11.5 Å². The maximum atomic E-state index is 12.7. The zero-order valence-corrected chi connectivity index (χ0v) is 18.0. The second kappa shape index (κ2) is 10.5. The number of carbonyl (C=O) groups excluding carboxylic acids is 2. The standard InChI is InChI=1S/C20H27BrN2O5/c1-4-5-6-7-8-9-28-19(25)16-12(2)22-20(26)23-17(16)13-10-14(21)18(24)15(11-13)27-3/h10-11,16-17,24H,4-9H2,1-3H3,(H,23,26). The minimum absolute atomic E-state index is 0.0509. The molecule has 2 amide bonds. The molecule has 1 heterocycles. The number of urea groups is 1. The highest BCUT2D eigenvalue weighted by molar-refractivity contribution is 9.10. The van der Waals surface area contributed by atoms with Gasteiger partial charge >= 0.3 is 12.0 Å². The lowest BCUT2D eigenvalue weighted by molar-refractivity contribution is -0.147. The summed E-state index contributed by atoms with van der Waals surface area (Å²) in [6.07, 6.45) is 5.28. The van der Waals surface area contributed by atoms with Crippen molar-refractivity contribution in [2.45, 2.75) is 52.0 Å². The number of unbranched alkanes of at least 4 members (excludes halogenated alkanes) is 4. The van der Waals surface area contributed by atoms with E-state index in [0.29, 0.717) is 22.4 Å². The molecule has 1 aliphatic rings. The van der Waals surface area contributed by atoms with E-state index in [1.165, 1.54) is 13.5 Å². The lowest BCUT2D eigenvalue weighted by atomic mass is 9.88. The summed E-state index contributed by atoms with van der Waals surface area (Å²) in [5.41, 5.74) is 1.00. The Balaban J connectivity index is 2.18. The number of aliphatic imine (C=N–C) groups is 1. The van der Waals surface area contributed by atoms with Gasteiger partial charge in [0.15, 0.2) is 11.5 Å². The molecule has 0 fully saturated rings. The molecule has 28 heavy (non-hydrogen) atoms. The molecule has 2 atom stereocenters. The van der Waals surface area contributed by atoms with Gasteiger partial charge in [-0.05, 0) is 47.0 Å². The Morgan fingerprint density at radius 2 is 2.00 bits per heavy atom. The molecule has 2 N–H and O–H groups in total. The predicted molar refractivity (Wildman–Crippen MR) is 110 cm³/mol. The number of phenolic OH excluding ortho intramolecular Hbond substituents is 1.